The highest BCUT2D eigenvalue weighted by molar-refractivity contribution is 5.69. The molecule has 0 aliphatic heterocycles. The highest BCUT2D eigenvalue weighted by Crippen LogP contribution is 2.39. The molecule has 0 aliphatic carbocycles. The quantitative estimate of drug-likeness (QED) is 0.0283. The lowest BCUT2D eigenvalue weighted by Gasteiger charge is -2.21. The Bertz CT molecular complexity index is 864. The second-order valence-electron chi connectivity index (χ2n) is 14.8. The van der Waals surface area contributed by atoms with Gasteiger partial charge in [-0.2, -0.15) is 22.0 Å². The van der Waals surface area contributed by atoms with E-state index >= 15 is 0 Å². The van der Waals surface area contributed by atoms with Crippen LogP contribution < -0.4 is 0 Å². The van der Waals surface area contributed by atoms with Gasteiger partial charge in [0.1, 0.15) is 0 Å². The van der Waals surface area contributed by atoms with Gasteiger partial charge < -0.3 is 29.0 Å². The van der Waals surface area contributed by atoms with Crippen molar-refractivity contribution in [3.05, 3.63) is 0 Å². The first-order valence-electron chi connectivity index (χ1n) is 21.8. The molecule has 0 rings (SSSR count). The highest BCUT2D eigenvalue weighted by atomic mass is 19.4. The number of carbonyl (C=O) groups excluding carboxylic acids is 2. The molecule has 0 aromatic heterocycles. The standard InChI is InChI=1S/C42H78F5NO7/c1-3-5-7-9-15-23-36-54-40(55-37-24-16-10-8-6-4-2)28-27-39(51)53-34-22-17-14-21-31-48(32-33-49)30-20-13-11-12-18-26-38(50)52-35-25-19-29-41(43,44)42(45,46)47/h40,49H,3-37H2,1-2H3. The van der Waals surface area contributed by atoms with E-state index in [4.69, 9.17) is 18.9 Å². The van der Waals surface area contributed by atoms with E-state index < -0.39 is 24.5 Å². The topological polar surface area (TPSA) is 94.5 Å². The van der Waals surface area contributed by atoms with Gasteiger partial charge in [-0.1, -0.05) is 110 Å². The van der Waals surface area contributed by atoms with Gasteiger partial charge in [0, 0.05) is 39.0 Å². The second kappa shape index (κ2) is 36.7. The van der Waals surface area contributed by atoms with E-state index in [9.17, 15) is 36.6 Å². The molecule has 0 bridgehead atoms. The molecular formula is C42H78F5NO7. The number of aliphatic hydroxyl groups is 1. The SMILES string of the molecule is CCCCCCCCOC(CCC(=O)OCCCCCCN(CCO)CCCCCCCC(=O)OCCCCC(F)(F)C(F)(F)F)OCCCCCCCC. The van der Waals surface area contributed by atoms with Gasteiger partial charge in [-0.15, -0.1) is 0 Å². The third kappa shape index (κ3) is 34.2. The minimum absolute atomic E-state index is 0.0382. The number of hydrogen-bond donors (Lipinski definition) is 1. The van der Waals surface area contributed by atoms with Crippen LogP contribution in [0.25, 0.3) is 0 Å². The maximum atomic E-state index is 12.9. The number of unbranched alkanes of at least 4 members (excludes halogenated alkanes) is 18. The molecule has 55 heavy (non-hydrogen) atoms. The summed E-state index contributed by atoms with van der Waals surface area (Å²) in [6.07, 6.45) is 15.8. The maximum absolute atomic E-state index is 12.9. The van der Waals surface area contributed by atoms with Crippen LogP contribution in [0, 0.1) is 0 Å². The summed E-state index contributed by atoms with van der Waals surface area (Å²) in [7, 11) is 0. The Morgan fingerprint density at radius 1 is 0.527 bits per heavy atom. The normalized spacial score (nSPS) is 12.3. The lowest BCUT2D eigenvalue weighted by molar-refractivity contribution is -0.284. The first kappa shape index (κ1) is 53.4. The molecule has 0 aliphatic rings. The van der Waals surface area contributed by atoms with E-state index in [2.05, 4.69) is 18.7 Å². The van der Waals surface area contributed by atoms with Gasteiger partial charge in [0.2, 0.25) is 0 Å². The number of carbonyl (C=O) groups is 2. The molecule has 0 saturated heterocycles. The Kier molecular flexibility index (Phi) is 35.7. The van der Waals surface area contributed by atoms with Crippen molar-refractivity contribution >= 4 is 11.9 Å². The third-order valence-electron chi connectivity index (χ3n) is 9.65. The van der Waals surface area contributed by atoms with Crippen molar-refractivity contribution in [2.75, 3.05) is 52.7 Å². The summed E-state index contributed by atoms with van der Waals surface area (Å²) in [6, 6.07) is 0. The molecule has 0 unspecified atom stereocenters. The Hall–Kier alpha value is -1.57. The smallest absolute Gasteiger partial charge is 0.453 e. The van der Waals surface area contributed by atoms with Gasteiger partial charge in [0.05, 0.1) is 26.2 Å². The fourth-order valence-corrected chi connectivity index (χ4v) is 6.15. The van der Waals surface area contributed by atoms with Crippen molar-refractivity contribution in [3.63, 3.8) is 0 Å². The summed E-state index contributed by atoms with van der Waals surface area (Å²) in [5.74, 6) is -5.40. The fourth-order valence-electron chi connectivity index (χ4n) is 6.15. The molecule has 0 heterocycles. The van der Waals surface area contributed by atoms with E-state index in [0.717, 1.165) is 90.1 Å². The number of esters is 2. The minimum Gasteiger partial charge on any atom is -0.466 e. The predicted molar refractivity (Wildman–Crippen MR) is 208 cm³/mol. The zero-order valence-corrected chi connectivity index (χ0v) is 34.6. The van der Waals surface area contributed by atoms with Gasteiger partial charge in [0.15, 0.2) is 6.29 Å². The number of alkyl halides is 5. The van der Waals surface area contributed by atoms with E-state index in [-0.39, 0.29) is 51.2 Å². The van der Waals surface area contributed by atoms with Crippen LogP contribution in [0.15, 0.2) is 0 Å². The van der Waals surface area contributed by atoms with Crippen LogP contribution in [0.1, 0.15) is 187 Å². The van der Waals surface area contributed by atoms with Crippen LogP contribution in [-0.4, -0.2) is 93.0 Å². The van der Waals surface area contributed by atoms with E-state index in [1.165, 1.54) is 51.4 Å². The largest absolute Gasteiger partial charge is 0.466 e. The average Bonchev–Trinajstić information content (AvgIpc) is 3.14. The fraction of sp³-hybridized carbons (Fsp3) is 0.952. The van der Waals surface area contributed by atoms with Crippen molar-refractivity contribution in [3.8, 4) is 0 Å². The Balaban J connectivity index is 4.02. The van der Waals surface area contributed by atoms with Gasteiger partial charge in [-0.05, 0) is 64.5 Å². The van der Waals surface area contributed by atoms with Crippen molar-refractivity contribution in [2.45, 2.75) is 206 Å². The first-order valence-corrected chi connectivity index (χ1v) is 21.8. The van der Waals surface area contributed by atoms with Crippen LogP contribution in [0.4, 0.5) is 22.0 Å². The van der Waals surface area contributed by atoms with E-state index in [1.807, 2.05) is 0 Å². The van der Waals surface area contributed by atoms with Crippen molar-refractivity contribution in [1.82, 2.24) is 4.90 Å². The summed E-state index contributed by atoms with van der Waals surface area (Å²) in [5.41, 5.74) is 0. The lowest BCUT2D eigenvalue weighted by atomic mass is 10.1. The number of rotatable bonds is 41. The summed E-state index contributed by atoms with van der Waals surface area (Å²) in [6.45, 7) is 8.47. The van der Waals surface area contributed by atoms with Gasteiger partial charge >= 0.3 is 24.0 Å². The number of halogens is 5. The van der Waals surface area contributed by atoms with E-state index in [1.54, 1.807) is 0 Å². The molecule has 0 amide bonds. The number of nitrogens with zero attached hydrogens (tertiary/aromatic N) is 1. The third-order valence-corrected chi connectivity index (χ3v) is 9.65. The van der Waals surface area contributed by atoms with Crippen LogP contribution in [0.2, 0.25) is 0 Å². The highest BCUT2D eigenvalue weighted by Gasteiger charge is 2.56. The van der Waals surface area contributed by atoms with Gasteiger partial charge in [-0.3, -0.25) is 9.59 Å². The Morgan fingerprint density at radius 3 is 1.44 bits per heavy atom. The zero-order chi connectivity index (χ0) is 40.9. The zero-order valence-electron chi connectivity index (χ0n) is 34.6. The van der Waals surface area contributed by atoms with E-state index in [0.29, 0.717) is 39.2 Å². The molecule has 328 valence electrons. The Morgan fingerprint density at radius 2 is 0.945 bits per heavy atom. The number of aliphatic hydroxyl groups excluding tert-OH is 1. The second-order valence-corrected chi connectivity index (χ2v) is 14.8. The van der Waals surface area contributed by atoms with Gasteiger partial charge in [0.25, 0.3) is 0 Å². The molecule has 0 atom stereocenters. The summed E-state index contributed by atoms with van der Waals surface area (Å²) >= 11 is 0. The predicted octanol–water partition coefficient (Wildman–Crippen LogP) is 11.5. The Labute approximate surface area is 330 Å². The number of hydrogen-bond acceptors (Lipinski definition) is 8. The van der Waals surface area contributed by atoms with Crippen LogP contribution in [-0.2, 0) is 28.5 Å². The van der Waals surface area contributed by atoms with Crippen molar-refractivity contribution in [2.24, 2.45) is 0 Å². The van der Waals surface area contributed by atoms with Crippen molar-refractivity contribution < 1.29 is 55.6 Å². The maximum Gasteiger partial charge on any atom is 0.453 e. The summed E-state index contributed by atoms with van der Waals surface area (Å²) < 4.78 is 84.8. The average molecular weight is 804 g/mol. The molecule has 0 radical (unpaired) electrons. The number of ether oxygens (including phenoxy) is 4. The molecule has 0 aromatic carbocycles. The molecule has 0 saturated carbocycles. The van der Waals surface area contributed by atoms with Crippen molar-refractivity contribution in [1.29, 1.82) is 0 Å². The molecule has 1 N–H and O–H groups in total. The molecule has 0 aromatic rings. The first-order chi connectivity index (χ1) is 26.5. The summed E-state index contributed by atoms with van der Waals surface area (Å²) in [4.78, 5) is 26.5. The lowest BCUT2D eigenvalue weighted by Crippen LogP contribution is -2.36. The van der Waals surface area contributed by atoms with Crippen LogP contribution in [0.3, 0.4) is 0 Å². The molecule has 0 spiro atoms. The molecule has 13 heteroatoms. The monoisotopic (exact) mass is 804 g/mol. The molecule has 8 nitrogen and oxygen atoms in total. The van der Waals surface area contributed by atoms with Gasteiger partial charge in [-0.25, -0.2) is 0 Å². The minimum atomic E-state index is -5.56. The summed E-state index contributed by atoms with van der Waals surface area (Å²) in [5, 5.41) is 9.48. The van der Waals surface area contributed by atoms with Crippen LogP contribution >= 0.6 is 0 Å². The van der Waals surface area contributed by atoms with Crippen LogP contribution in [0.5, 0.6) is 0 Å². The molecular weight excluding hydrogens is 725 g/mol. The molecule has 0 fully saturated rings.